The fraction of sp³-hybridized carbons (Fsp3) is 0.273. The van der Waals surface area contributed by atoms with Gasteiger partial charge in [0.1, 0.15) is 15.7 Å². The van der Waals surface area contributed by atoms with Crippen molar-refractivity contribution in [3.63, 3.8) is 0 Å². The van der Waals surface area contributed by atoms with Crippen LogP contribution in [-0.4, -0.2) is 36.2 Å². The standard InChI is InChI=1S/C22H23N3O2S2/c1-5-24-17-13-16(27-4)11-12-18(17)28-21(24)19-20(26)25(6-2)22(29-19)23-15-9-7-14(3)8-10-15/h7-13H,5-6H2,1-4H3/b21-19-,23-22?. The molecule has 29 heavy (non-hydrogen) atoms. The Labute approximate surface area is 179 Å². The van der Waals surface area contributed by atoms with Crippen LogP contribution in [0.5, 0.6) is 5.75 Å². The zero-order valence-corrected chi connectivity index (χ0v) is 18.6. The second-order valence-electron chi connectivity index (χ2n) is 6.70. The first-order chi connectivity index (χ1) is 14.0. The Morgan fingerprint density at radius 2 is 1.72 bits per heavy atom. The van der Waals surface area contributed by atoms with Gasteiger partial charge in [-0.3, -0.25) is 9.69 Å². The summed E-state index contributed by atoms with van der Waals surface area (Å²) in [5, 5.41) is 1.70. The van der Waals surface area contributed by atoms with Crippen LogP contribution in [0.3, 0.4) is 0 Å². The molecule has 0 atom stereocenters. The van der Waals surface area contributed by atoms with Crippen molar-refractivity contribution in [1.82, 2.24) is 4.90 Å². The van der Waals surface area contributed by atoms with Crippen LogP contribution in [0.4, 0.5) is 11.4 Å². The molecule has 1 fully saturated rings. The number of ether oxygens (including phenoxy) is 1. The van der Waals surface area contributed by atoms with E-state index >= 15 is 0 Å². The van der Waals surface area contributed by atoms with E-state index in [-0.39, 0.29) is 5.91 Å². The lowest BCUT2D eigenvalue weighted by molar-refractivity contribution is -0.122. The largest absolute Gasteiger partial charge is 0.497 e. The van der Waals surface area contributed by atoms with Crippen LogP contribution in [0, 0.1) is 6.92 Å². The number of likely N-dealkylation sites (N-methyl/N-ethyl adjacent to an activating group) is 1. The molecule has 5 nitrogen and oxygen atoms in total. The van der Waals surface area contributed by atoms with E-state index in [9.17, 15) is 4.79 Å². The predicted octanol–water partition coefficient (Wildman–Crippen LogP) is 5.39. The van der Waals surface area contributed by atoms with Gasteiger partial charge in [-0.15, -0.1) is 0 Å². The molecule has 1 saturated heterocycles. The van der Waals surface area contributed by atoms with Crippen LogP contribution in [0.25, 0.3) is 0 Å². The fourth-order valence-corrected chi connectivity index (χ4v) is 5.74. The molecule has 0 unspecified atom stereocenters. The molecule has 0 bridgehead atoms. The van der Waals surface area contributed by atoms with E-state index in [0.29, 0.717) is 6.54 Å². The number of amidine groups is 1. The van der Waals surface area contributed by atoms with E-state index in [0.717, 1.165) is 43.7 Å². The highest BCUT2D eigenvalue weighted by atomic mass is 32.2. The molecule has 0 spiro atoms. The average Bonchev–Trinajstić information content (AvgIpc) is 3.25. The van der Waals surface area contributed by atoms with Gasteiger partial charge in [0.25, 0.3) is 5.91 Å². The van der Waals surface area contributed by atoms with Gasteiger partial charge in [0.15, 0.2) is 5.17 Å². The number of carbonyl (C=O) groups excluding carboxylic acids is 1. The number of methoxy groups -OCH3 is 1. The van der Waals surface area contributed by atoms with Gasteiger partial charge in [0.05, 0.1) is 18.5 Å². The lowest BCUT2D eigenvalue weighted by atomic mass is 10.2. The van der Waals surface area contributed by atoms with E-state index in [4.69, 9.17) is 9.73 Å². The van der Waals surface area contributed by atoms with E-state index in [1.165, 1.54) is 17.3 Å². The molecule has 2 aromatic carbocycles. The van der Waals surface area contributed by atoms with Gasteiger partial charge in [0.2, 0.25) is 0 Å². The van der Waals surface area contributed by atoms with Crippen molar-refractivity contribution in [3.05, 3.63) is 58.0 Å². The van der Waals surface area contributed by atoms with Crippen molar-refractivity contribution in [1.29, 1.82) is 0 Å². The van der Waals surface area contributed by atoms with Crippen LogP contribution in [0.2, 0.25) is 0 Å². The third kappa shape index (κ3) is 3.65. The lowest BCUT2D eigenvalue weighted by Crippen LogP contribution is -2.29. The fourth-order valence-electron chi connectivity index (χ4n) is 3.30. The number of hydrogen-bond donors (Lipinski definition) is 0. The van der Waals surface area contributed by atoms with Crippen molar-refractivity contribution in [2.45, 2.75) is 25.7 Å². The van der Waals surface area contributed by atoms with Gasteiger partial charge in [0, 0.05) is 24.1 Å². The number of benzene rings is 2. The molecule has 0 radical (unpaired) electrons. The molecule has 150 valence electrons. The molecule has 0 aromatic heterocycles. The minimum Gasteiger partial charge on any atom is -0.497 e. The van der Waals surface area contributed by atoms with Gasteiger partial charge >= 0.3 is 0 Å². The number of aliphatic imine (C=N–C) groups is 1. The van der Waals surface area contributed by atoms with E-state index in [1.54, 1.807) is 23.8 Å². The minimum atomic E-state index is 0.0177. The number of amides is 1. The van der Waals surface area contributed by atoms with Gasteiger partial charge in [-0.25, -0.2) is 4.99 Å². The number of nitrogens with zero attached hydrogens (tertiary/aromatic N) is 3. The van der Waals surface area contributed by atoms with Crippen molar-refractivity contribution in [2.24, 2.45) is 4.99 Å². The summed E-state index contributed by atoms with van der Waals surface area (Å²) in [6.07, 6.45) is 0. The van der Waals surface area contributed by atoms with Crippen molar-refractivity contribution >= 4 is 46.0 Å². The Morgan fingerprint density at radius 3 is 2.38 bits per heavy atom. The summed E-state index contributed by atoms with van der Waals surface area (Å²) in [6.45, 7) is 7.49. The number of thioether (sulfide) groups is 2. The maximum atomic E-state index is 13.2. The zero-order chi connectivity index (χ0) is 20.5. The third-order valence-electron chi connectivity index (χ3n) is 4.86. The molecule has 0 N–H and O–H groups in total. The first kappa shape index (κ1) is 19.9. The first-order valence-electron chi connectivity index (χ1n) is 9.58. The normalized spacial score (nSPS) is 20.0. The Kier molecular flexibility index (Phi) is 5.61. The molecule has 7 heteroatoms. The number of hydrogen-bond acceptors (Lipinski definition) is 6. The molecule has 0 aliphatic carbocycles. The summed E-state index contributed by atoms with van der Waals surface area (Å²) in [7, 11) is 1.67. The number of aryl methyl sites for hydroxylation is 1. The maximum Gasteiger partial charge on any atom is 0.269 e. The highest BCUT2D eigenvalue weighted by molar-refractivity contribution is 8.19. The van der Waals surface area contributed by atoms with E-state index in [1.807, 2.05) is 43.3 Å². The molecule has 1 amide bonds. The topological polar surface area (TPSA) is 45.1 Å². The first-order valence-corrected chi connectivity index (χ1v) is 11.2. The minimum absolute atomic E-state index is 0.0177. The van der Waals surface area contributed by atoms with Crippen LogP contribution in [0.15, 0.2) is 62.3 Å². The smallest absolute Gasteiger partial charge is 0.269 e. The molecule has 2 aliphatic rings. The van der Waals surface area contributed by atoms with Crippen molar-refractivity contribution < 1.29 is 9.53 Å². The van der Waals surface area contributed by atoms with E-state index < -0.39 is 0 Å². The molecule has 2 aromatic rings. The molecule has 2 heterocycles. The molecule has 2 aliphatic heterocycles. The Bertz CT molecular complexity index is 1020. The number of carbonyl (C=O) groups is 1. The molecule has 0 saturated carbocycles. The number of anilines is 1. The van der Waals surface area contributed by atoms with Crippen molar-refractivity contribution in [2.75, 3.05) is 25.1 Å². The van der Waals surface area contributed by atoms with Crippen molar-refractivity contribution in [3.8, 4) is 5.75 Å². The third-order valence-corrected chi connectivity index (χ3v) is 7.24. The monoisotopic (exact) mass is 425 g/mol. The lowest BCUT2D eigenvalue weighted by Gasteiger charge is -2.19. The second-order valence-corrected chi connectivity index (χ2v) is 8.70. The zero-order valence-electron chi connectivity index (χ0n) is 16.9. The van der Waals surface area contributed by atoms with Gasteiger partial charge < -0.3 is 9.64 Å². The van der Waals surface area contributed by atoms with Gasteiger partial charge in [-0.2, -0.15) is 0 Å². The van der Waals surface area contributed by atoms with Crippen LogP contribution in [0.1, 0.15) is 19.4 Å². The summed E-state index contributed by atoms with van der Waals surface area (Å²) in [5.41, 5.74) is 3.13. The van der Waals surface area contributed by atoms with Crippen LogP contribution >= 0.6 is 23.5 Å². The van der Waals surface area contributed by atoms with Gasteiger partial charge in [-0.05, 0) is 56.8 Å². The highest BCUT2D eigenvalue weighted by Gasteiger charge is 2.39. The summed E-state index contributed by atoms with van der Waals surface area (Å²) in [4.78, 5) is 23.8. The molecule has 4 rings (SSSR count). The van der Waals surface area contributed by atoms with E-state index in [2.05, 4.69) is 24.8 Å². The highest BCUT2D eigenvalue weighted by Crippen LogP contribution is 2.51. The Hall–Kier alpha value is -2.38. The number of fused-ring (bicyclic) bond motifs is 1. The summed E-state index contributed by atoms with van der Waals surface area (Å²) in [5.74, 6) is 0.834. The summed E-state index contributed by atoms with van der Waals surface area (Å²) in [6, 6.07) is 14.1. The van der Waals surface area contributed by atoms with Gasteiger partial charge in [-0.1, -0.05) is 29.5 Å². The Balaban J connectivity index is 1.73. The Morgan fingerprint density at radius 1 is 1.00 bits per heavy atom. The predicted molar refractivity (Wildman–Crippen MR) is 122 cm³/mol. The van der Waals surface area contributed by atoms with Crippen LogP contribution < -0.4 is 9.64 Å². The number of rotatable bonds is 4. The average molecular weight is 426 g/mol. The molecular weight excluding hydrogens is 402 g/mol. The maximum absolute atomic E-state index is 13.2. The quantitative estimate of drug-likeness (QED) is 0.615. The summed E-state index contributed by atoms with van der Waals surface area (Å²) >= 11 is 3.10. The molecular formula is C22H23N3O2S2. The SMILES string of the molecule is CCN1C(=O)/C(=C2/Sc3ccc(OC)cc3N2CC)SC1=Nc1ccc(C)cc1. The van der Waals surface area contributed by atoms with Crippen LogP contribution in [-0.2, 0) is 4.79 Å². The second kappa shape index (κ2) is 8.16. The summed E-state index contributed by atoms with van der Waals surface area (Å²) < 4.78 is 5.39.